The Morgan fingerprint density at radius 2 is 1.82 bits per heavy atom. The summed E-state index contributed by atoms with van der Waals surface area (Å²) in [5.41, 5.74) is 0.307. The lowest BCUT2D eigenvalue weighted by atomic mass is 10.3. The van der Waals surface area contributed by atoms with Gasteiger partial charge in [0.25, 0.3) is 0 Å². The molecule has 0 heterocycles. The highest BCUT2D eigenvalue weighted by atomic mass is 16.4. The van der Waals surface area contributed by atoms with Gasteiger partial charge in [-0.2, -0.15) is 0 Å². The van der Waals surface area contributed by atoms with Crippen molar-refractivity contribution in [3.63, 3.8) is 0 Å². The Hall–Kier alpha value is -2.11. The van der Waals surface area contributed by atoms with Crippen molar-refractivity contribution in [2.45, 2.75) is 13.8 Å². The van der Waals surface area contributed by atoms with Crippen LogP contribution in [0.4, 0.5) is 0 Å². The summed E-state index contributed by atoms with van der Waals surface area (Å²) in [5.74, 6) is -1.60. The van der Waals surface area contributed by atoms with E-state index < -0.39 is 11.9 Å². The molecule has 17 heavy (non-hydrogen) atoms. The lowest BCUT2D eigenvalue weighted by molar-refractivity contribution is -0.137. The lowest BCUT2D eigenvalue weighted by Gasteiger charge is -1.98. The minimum atomic E-state index is -1.06. The molecule has 0 saturated carbocycles. The van der Waals surface area contributed by atoms with E-state index in [1.165, 1.54) is 13.0 Å². The fraction of sp³-hybridized carbons (Fsp3) is 0.364. The van der Waals surface area contributed by atoms with Crippen LogP contribution in [0.5, 0.6) is 0 Å². The highest BCUT2D eigenvalue weighted by Crippen LogP contribution is 1.83. The van der Waals surface area contributed by atoms with Crippen LogP contribution in [0.1, 0.15) is 13.8 Å². The van der Waals surface area contributed by atoms with Crippen LogP contribution in [-0.2, 0) is 14.4 Å². The summed E-state index contributed by atoms with van der Waals surface area (Å²) in [4.78, 5) is 30.6. The molecule has 0 aromatic carbocycles. The van der Waals surface area contributed by atoms with Gasteiger partial charge in [-0.05, 0) is 19.9 Å². The molecule has 2 amide bonds. The molecule has 0 bridgehead atoms. The number of nitrogens with one attached hydrogen (secondary N) is 2. The van der Waals surface area contributed by atoms with Gasteiger partial charge in [0.1, 0.15) is 6.54 Å². The van der Waals surface area contributed by atoms with Crippen LogP contribution in [-0.4, -0.2) is 36.0 Å². The van der Waals surface area contributed by atoms with Crippen LogP contribution in [0.2, 0.25) is 0 Å². The minimum absolute atomic E-state index is 0.109. The summed E-state index contributed by atoms with van der Waals surface area (Å²) in [6.45, 7) is 10.3. The zero-order chi connectivity index (χ0) is 13.8. The third kappa shape index (κ3) is 13.9. The number of amides is 2. The Bertz CT molecular complexity index is 311. The first-order chi connectivity index (χ1) is 7.84. The van der Waals surface area contributed by atoms with E-state index in [-0.39, 0.29) is 12.5 Å². The van der Waals surface area contributed by atoms with Gasteiger partial charge in [0.2, 0.25) is 11.8 Å². The van der Waals surface area contributed by atoms with Crippen molar-refractivity contribution >= 4 is 17.8 Å². The summed E-state index contributed by atoms with van der Waals surface area (Å²) in [6.07, 6.45) is 1.25. The zero-order valence-corrected chi connectivity index (χ0v) is 10.1. The molecule has 0 radical (unpaired) electrons. The van der Waals surface area contributed by atoms with E-state index >= 15 is 0 Å². The van der Waals surface area contributed by atoms with Gasteiger partial charge in [-0.25, -0.2) is 0 Å². The topological polar surface area (TPSA) is 95.5 Å². The van der Waals surface area contributed by atoms with Crippen molar-refractivity contribution in [3.8, 4) is 0 Å². The number of likely N-dealkylation sites (N-methyl/N-ethyl adjacent to an activating group) is 1. The molecule has 0 unspecified atom stereocenters. The summed E-state index contributed by atoms with van der Waals surface area (Å²) >= 11 is 0. The highest BCUT2D eigenvalue weighted by Gasteiger charge is 2.02. The number of carbonyl (C=O) groups excluding carboxylic acids is 2. The highest BCUT2D eigenvalue weighted by molar-refractivity contribution is 5.93. The van der Waals surface area contributed by atoms with Gasteiger partial charge in [-0.15, -0.1) is 0 Å². The number of carboxylic acids is 1. The molecule has 6 nitrogen and oxygen atoms in total. The maximum atomic E-state index is 10.6. The van der Waals surface area contributed by atoms with Crippen LogP contribution >= 0.6 is 0 Å². The number of hydrogen-bond donors (Lipinski definition) is 3. The SMILES string of the molecule is C=C(C)C(=O)NCC(=O)O.C=CC(=O)NCC. The molecule has 96 valence electrons. The van der Waals surface area contributed by atoms with Gasteiger partial charge in [0.15, 0.2) is 0 Å². The van der Waals surface area contributed by atoms with Gasteiger partial charge in [0.05, 0.1) is 0 Å². The molecule has 6 heteroatoms. The lowest BCUT2D eigenvalue weighted by Crippen LogP contribution is -2.29. The Balaban J connectivity index is 0. The van der Waals surface area contributed by atoms with Crippen LogP contribution in [0.15, 0.2) is 24.8 Å². The van der Waals surface area contributed by atoms with E-state index in [1.54, 1.807) is 0 Å². The normalized spacial score (nSPS) is 8.12. The smallest absolute Gasteiger partial charge is 0.322 e. The number of hydrogen-bond acceptors (Lipinski definition) is 3. The third-order valence-electron chi connectivity index (χ3n) is 1.32. The second-order valence-corrected chi connectivity index (χ2v) is 2.96. The van der Waals surface area contributed by atoms with E-state index in [0.717, 1.165) is 0 Å². The monoisotopic (exact) mass is 242 g/mol. The molecular formula is C11H18N2O4. The van der Waals surface area contributed by atoms with Crippen molar-refractivity contribution in [2.75, 3.05) is 13.1 Å². The summed E-state index contributed by atoms with van der Waals surface area (Å²) in [7, 11) is 0. The van der Waals surface area contributed by atoms with E-state index in [0.29, 0.717) is 12.1 Å². The van der Waals surface area contributed by atoms with Gasteiger partial charge < -0.3 is 15.7 Å². The van der Waals surface area contributed by atoms with E-state index in [4.69, 9.17) is 5.11 Å². The summed E-state index contributed by atoms with van der Waals surface area (Å²) in [6, 6.07) is 0. The van der Waals surface area contributed by atoms with Crippen molar-refractivity contribution < 1.29 is 19.5 Å². The van der Waals surface area contributed by atoms with Crippen LogP contribution < -0.4 is 10.6 Å². The molecule has 0 saturated heterocycles. The van der Waals surface area contributed by atoms with Gasteiger partial charge >= 0.3 is 5.97 Å². The largest absolute Gasteiger partial charge is 0.480 e. The molecule has 0 aromatic rings. The molecule has 0 aromatic heterocycles. The van der Waals surface area contributed by atoms with Gasteiger partial charge in [-0.1, -0.05) is 13.2 Å². The van der Waals surface area contributed by atoms with Crippen LogP contribution in [0, 0.1) is 0 Å². The predicted octanol–water partition coefficient (Wildman–Crippen LogP) is 0.0718. The molecule has 3 N–H and O–H groups in total. The van der Waals surface area contributed by atoms with E-state index in [2.05, 4.69) is 23.8 Å². The van der Waals surface area contributed by atoms with Gasteiger partial charge in [-0.3, -0.25) is 14.4 Å². The second-order valence-electron chi connectivity index (χ2n) is 2.96. The minimum Gasteiger partial charge on any atom is -0.480 e. The number of rotatable bonds is 5. The Morgan fingerprint density at radius 3 is 2.06 bits per heavy atom. The summed E-state index contributed by atoms with van der Waals surface area (Å²) in [5, 5.41) is 12.8. The second kappa shape index (κ2) is 10.4. The van der Waals surface area contributed by atoms with Crippen molar-refractivity contribution in [2.24, 2.45) is 0 Å². The molecule has 0 rings (SSSR count). The first kappa shape index (κ1) is 17.3. The number of carboxylic acid groups (broad SMARTS) is 1. The Kier molecular flexibility index (Phi) is 10.6. The average Bonchev–Trinajstić information content (AvgIpc) is 2.26. The Labute approximate surface area is 100 Å². The summed E-state index contributed by atoms with van der Waals surface area (Å²) < 4.78 is 0. The standard InChI is InChI=1S/C6H9NO3.C5H9NO/c1-4(2)6(10)7-3-5(8)9;1-3-5(7)6-4-2/h1,3H2,2H3,(H,7,10)(H,8,9);3H,1,4H2,2H3,(H,6,7). The Morgan fingerprint density at radius 1 is 1.29 bits per heavy atom. The fourth-order valence-electron chi connectivity index (χ4n) is 0.553. The van der Waals surface area contributed by atoms with Crippen LogP contribution in [0.25, 0.3) is 0 Å². The quantitative estimate of drug-likeness (QED) is 0.594. The number of carbonyl (C=O) groups is 3. The van der Waals surface area contributed by atoms with Crippen molar-refractivity contribution in [1.82, 2.24) is 10.6 Å². The average molecular weight is 242 g/mol. The van der Waals surface area contributed by atoms with E-state index in [9.17, 15) is 14.4 Å². The molecule has 0 aliphatic rings. The zero-order valence-electron chi connectivity index (χ0n) is 10.1. The van der Waals surface area contributed by atoms with Gasteiger partial charge in [0, 0.05) is 12.1 Å². The van der Waals surface area contributed by atoms with Crippen LogP contribution in [0.3, 0.4) is 0 Å². The van der Waals surface area contributed by atoms with E-state index in [1.807, 2.05) is 6.92 Å². The third-order valence-corrected chi connectivity index (χ3v) is 1.32. The molecule has 0 atom stereocenters. The maximum Gasteiger partial charge on any atom is 0.322 e. The molecule has 0 fully saturated rings. The molecule has 0 spiro atoms. The van der Waals surface area contributed by atoms with Crippen molar-refractivity contribution in [1.29, 1.82) is 0 Å². The first-order valence-corrected chi connectivity index (χ1v) is 4.90. The predicted molar refractivity (Wildman–Crippen MR) is 64.3 cm³/mol. The molecule has 0 aliphatic carbocycles. The maximum absolute atomic E-state index is 10.6. The molecular weight excluding hydrogens is 224 g/mol. The first-order valence-electron chi connectivity index (χ1n) is 4.90. The van der Waals surface area contributed by atoms with Crippen molar-refractivity contribution in [3.05, 3.63) is 24.8 Å². The molecule has 0 aliphatic heterocycles. The fourth-order valence-corrected chi connectivity index (χ4v) is 0.553. The number of aliphatic carboxylic acids is 1.